The van der Waals surface area contributed by atoms with Gasteiger partial charge in [-0.2, -0.15) is 0 Å². The van der Waals surface area contributed by atoms with E-state index in [1.54, 1.807) is 22.3 Å². The van der Waals surface area contributed by atoms with Gasteiger partial charge in [0, 0.05) is 0 Å². The molecule has 192 valence electrons. The van der Waals surface area contributed by atoms with Crippen LogP contribution in [-0.4, -0.2) is 0 Å². The summed E-state index contributed by atoms with van der Waals surface area (Å²) in [5.41, 5.74) is 8.97. The molecule has 0 spiro atoms. The van der Waals surface area contributed by atoms with E-state index in [-0.39, 0.29) is 0 Å². The minimum absolute atomic E-state index is 0.432. The summed E-state index contributed by atoms with van der Waals surface area (Å²) >= 11 is 0. The highest BCUT2D eigenvalue weighted by Crippen LogP contribution is 2.39. The van der Waals surface area contributed by atoms with E-state index >= 15 is 0 Å². The molecule has 0 aromatic carbocycles. The molecule has 0 N–H and O–H groups in total. The first kappa shape index (κ1) is 30.3. The van der Waals surface area contributed by atoms with Crippen molar-refractivity contribution >= 4 is 0 Å². The quantitative estimate of drug-likeness (QED) is 0.287. The molecule has 1 aliphatic rings. The molecule has 0 saturated heterocycles. The lowest BCUT2D eigenvalue weighted by Gasteiger charge is -2.31. The SMILES string of the molecule is CC/C=C(\C)CC/C1=C(\C)CCC(=C(C)C)[C@@H](CCCC(C)C)CCC[C@H]1CCC(C)(C)C. The summed E-state index contributed by atoms with van der Waals surface area (Å²) in [4.78, 5) is 0. The van der Waals surface area contributed by atoms with E-state index in [2.05, 4.69) is 75.3 Å². The summed E-state index contributed by atoms with van der Waals surface area (Å²) in [7, 11) is 0. The summed E-state index contributed by atoms with van der Waals surface area (Å²) in [5.74, 6) is 2.45. The zero-order chi connectivity index (χ0) is 25.0. The van der Waals surface area contributed by atoms with Crippen LogP contribution in [-0.2, 0) is 0 Å². The highest BCUT2D eigenvalue weighted by Gasteiger charge is 2.24. The van der Waals surface area contributed by atoms with Crippen LogP contribution in [0.2, 0.25) is 0 Å². The maximum absolute atomic E-state index is 2.48. The van der Waals surface area contributed by atoms with Gasteiger partial charge in [0.15, 0.2) is 0 Å². The van der Waals surface area contributed by atoms with Crippen LogP contribution in [0.15, 0.2) is 33.9 Å². The van der Waals surface area contributed by atoms with Crippen LogP contribution < -0.4 is 0 Å². The van der Waals surface area contributed by atoms with Crippen LogP contribution in [0.1, 0.15) is 153 Å². The second kappa shape index (κ2) is 15.3. The van der Waals surface area contributed by atoms with E-state index in [0.717, 1.165) is 17.8 Å². The fourth-order valence-electron chi connectivity index (χ4n) is 5.87. The van der Waals surface area contributed by atoms with Crippen molar-refractivity contribution < 1.29 is 0 Å². The Morgan fingerprint density at radius 2 is 1.67 bits per heavy atom. The van der Waals surface area contributed by atoms with Crippen LogP contribution in [0, 0.1) is 23.2 Å². The van der Waals surface area contributed by atoms with Crippen molar-refractivity contribution in [2.75, 3.05) is 0 Å². The molecule has 0 bridgehead atoms. The Hall–Kier alpha value is -0.780. The minimum atomic E-state index is 0.432. The molecule has 0 aromatic rings. The normalized spacial score (nSPS) is 23.8. The van der Waals surface area contributed by atoms with Crippen molar-refractivity contribution in [1.29, 1.82) is 0 Å². The van der Waals surface area contributed by atoms with Gasteiger partial charge in [0.25, 0.3) is 0 Å². The van der Waals surface area contributed by atoms with E-state index in [0.29, 0.717) is 5.41 Å². The molecule has 33 heavy (non-hydrogen) atoms. The van der Waals surface area contributed by atoms with Crippen LogP contribution >= 0.6 is 0 Å². The third-order valence-electron chi connectivity index (χ3n) is 7.97. The molecule has 0 fully saturated rings. The maximum atomic E-state index is 2.48. The average Bonchev–Trinajstić information content (AvgIpc) is 2.69. The molecule has 0 amide bonds. The Morgan fingerprint density at radius 3 is 2.24 bits per heavy atom. The first-order chi connectivity index (χ1) is 15.4. The standard InChI is InChI=1S/C33H60/c1-11-14-27(6)19-21-32-28(7)20-22-31(26(4)5)29(16-12-15-25(2)3)17-13-18-30(32)23-24-33(8,9)10/h14,25,29-30H,11-13,15-24H2,1-10H3/b27-14+,32-28-/t29-,30-/m0/s1. The molecule has 0 saturated carbocycles. The Balaban J connectivity index is 3.15. The molecule has 1 rings (SSSR count). The highest BCUT2D eigenvalue weighted by atomic mass is 14.3. The second-order valence-corrected chi connectivity index (χ2v) is 13.0. The Bertz CT molecular complexity index is 642. The summed E-state index contributed by atoms with van der Waals surface area (Å²) < 4.78 is 0. The van der Waals surface area contributed by atoms with Crippen LogP contribution in [0.3, 0.4) is 0 Å². The lowest BCUT2D eigenvalue weighted by atomic mass is 9.75. The fraction of sp³-hybridized carbons (Fsp3) is 0.818. The predicted molar refractivity (Wildman–Crippen MR) is 152 cm³/mol. The third kappa shape index (κ3) is 12.5. The molecule has 0 heteroatoms. The summed E-state index contributed by atoms with van der Waals surface area (Å²) in [5, 5.41) is 0. The van der Waals surface area contributed by atoms with Crippen molar-refractivity contribution in [3.63, 3.8) is 0 Å². The van der Waals surface area contributed by atoms with Gasteiger partial charge in [-0.15, -0.1) is 0 Å². The van der Waals surface area contributed by atoms with Crippen molar-refractivity contribution in [3.8, 4) is 0 Å². The maximum Gasteiger partial charge on any atom is -0.0200 e. The topological polar surface area (TPSA) is 0 Å². The van der Waals surface area contributed by atoms with Gasteiger partial charge in [-0.25, -0.2) is 0 Å². The monoisotopic (exact) mass is 456 g/mol. The molecule has 0 aliphatic heterocycles. The van der Waals surface area contributed by atoms with Gasteiger partial charge in [-0.1, -0.05) is 94.7 Å². The van der Waals surface area contributed by atoms with Gasteiger partial charge in [0.2, 0.25) is 0 Å². The molecule has 1 aliphatic carbocycles. The van der Waals surface area contributed by atoms with Crippen LogP contribution in [0.4, 0.5) is 0 Å². The van der Waals surface area contributed by atoms with Crippen molar-refractivity contribution in [2.24, 2.45) is 23.2 Å². The third-order valence-corrected chi connectivity index (χ3v) is 7.97. The van der Waals surface area contributed by atoms with Crippen molar-refractivity contribution in [1.82, 2.24) is 0 Å². The summed E-state index contributed by atoms with van der Waals surface area (Å²) in [6, 6.07) is 0. The largest absolute Gasteiger partial charge is 0.0859 e. The second-order valence-electron chi connectivity index (χ2n) is 13.0. The van der Waals surface area contributed by atoms with Crippen molar-refractivity contribution in [2.45, 2.75) is 153 Å². The molecule has 0 radical (unpaired) electrons. The van der Waals surface area contributed by atoms with Gasteiger partial charge in [0.05, 0.1) is 0 Å². The number of allylic oxidation sites excluding steroid dienone is 6. The fourth-order valence-corrected chi connectivity index (χ4v) is 5.87. The van der Waals surface area contributed by atoms with Gasteiger partial charge in [-0.3, -0.25) is 0 Å². The van der Waals surface area contributed by atoms with Crippen molar-refractivity contribution in [3.05, 3.63) is 33.9 Å². The van der Waals surface area contributed by atoms with Gasteiger partial charge >= 0.3 is 0 Å². The van der Waals surface area contributed by atoms with Gasteiger partial charge < -0.3 is 0 Å². The first-order valence-electron chi connectivity index (χ1n) is 14.4. The summed E-state index contributed by atoms with van der Waals surface area (Å²) in [6.45, 7) is 23.9. The number of hydrogen-bond donors (Lipinski definition) is 0. The van der Waals surface area contributed by atoms with E-state index in [1.807, 2.05) is 5.57 Å². The first-order valence-corrected chi connectivity index (χ1v) is 14.4. The lowest BCUT2D eigenvalue weighted by Crippen LogP contribution is -2.16. The van der Waals surface area contributed by atoms with E-state index in [4.69, 9.17) is 0 Å². The Labute approximate surface area is 209 Å². The van der Waals surface area contributed by atoms with Crippen LogP contribution in [0.5, 0.6) is 0 Å². The average molecular weight is 457 g/mol. The number of rotatable bonds is 10. The lowest BCUT2D eigenvalue weighted by molar-refractivity contribution is 0.317. The Morgan fingerprint density at radius 1 is 1.00 bits per heavy atom. The minimum Gasteiger partial charge on any atom is -0.0859 e. The van der Waals surface area contributed by atoms with Crippen LogP contribution in [0.25, 0.3) is 0 Å². The Kier molecular flexibility index (Phi) is 14.0. The zero-order valence-electron chi connectivity index (χ0n) is 24.5. The van der Waals surface area contributed by atoms with E-state index < -0.39 is 0 Å². The zero-order valence-corrected chi connectivity index (χ0v) is 24.5. The molecule has 0 aromatic heterocycles. The smallest absolute Gasteiger partial charge is 0.0200 e. The predicted octanol–water partition coefficient (Wildman–Crippen LogP) is 11.6. The number of hydrogen-bond acceptors (Lipinski definition) is 0. The highest BCUT2D eigenvalue weighted by molar-refractivity contribution is 5.22. The molecular formula is C33H60. The molecule has 0 unspecified atom stereocenters. The van der Waals surface area contributed by atoms with E-state index in [9.17, 15) is 0 Å². The van der Waals surface area contributed by atoms with E-state index in [1.165, 1.54) is 83.5 Å². The van der Waals surface area contributed by atoms with Gasteiger partial charge in [0.1, 0.15) is 0 Å². The molecule has 2 atom stereocenters. The van der Waals surface area contributed by atoms with Gasteiger partial charge in [-0.05, 0) is 115 Å². The molecule has 0 nitrogen and oxygen atoms in total. The molecule has 0 heterocycles. The molecular weight excluding hydrogens is 396 g/mol. The summed E-state index contributed by atoms with van der Waals surface area (Å²) in [6.07, 6.45) is 19.8.